The zero-order chi connectivity index (χ0) is 9.97. The lowest BCUT2D eigenvalue weighted by Gasteiger charge is -2.29. The van der Waals surface area contributed by atoms with Gasteiger partial charge in [-0.25, -0.2) is 4.98 Å². The highest BCUT2D eigenvalue weighted by Crippen LogP contribution is 2.21. The van der Waals surface area contributed by atoms with Crippen molar-refractivity contribution in [1.29, 1.82) is 0 Å². The number of nitrogens with two attached hydrogens (primary N) is 1. The average molecular weight is 212 g/mol. The van der Waals surface area contributed by atoms with Crippen LogP contribution in [-0.2, 0) is 6.42 Å². The van der Waals surface area contributed by atoms with Crippen LogP contribution in [0.2, 0.25) is 0 Å². The summed E-state index contributed by atoms with van der Waals surface area (Å²) in [6.45, 7) is 4.08. The van der Waals surface area contributed by atoms with Crippen LogP contribution in [-0.4, -0.2) is 28.5 Å². The summed E-state index contributed by atoms with van der Waals surface area (Å²) >= 11 is 1.49. The highest BCUT2D eigenvalue weighted by molar-refractivity contribution is 7.09. The molecular formula is C9H16N4S. The van der Waals surface area contributed by atoms with Crippen molar-refractivity contribution in [3.8, 4) is 0 Å². The molecule has 1 fully saturated rings. The summed E-state index contributed by atoms with van der Waals surface area (Å²) in [6.07, 6.45) is 3.22. The maximum Gasteiger partial charge on any atom is 0.205 e. The Labute approximate surface area is 88.3 Å². The second-order valence-electron chi connectivity index (χ2n) is 3.70. The summed E-state index contributed by atoms with van der Waals surface area (Å²) in [5, 5.41) is 1.04. The monoisotopic (exact) mass is 212 g/mol. The fraction of sp³-hybridized carbons (Fsp3) is 0.778. The highest BCUT2D eigenvalue weighted by Gasteiger charge is 2.19. The topological polar surface area (TPSA) is 55.0 Å². The van der Waals surface area contributed by atoms with E-state index in [0.717, 1.165) is 36.9 Å². The van der Waals surface area contributed by atoms with Gasteiger partial charge < -0.3 is 10.6 Å². The van der Waals surface area contributed by atoms with Crippen molar-refractivity contribution in [3.63, 3.8) is 0 Å². The van der Waals surface area contributed by atoms with Crippen LogP contribution in [0.3, 0.4) is 0 Å². The average Bonchev–Trinajstić information content (AvgIpc) is 2.66. The fourth-order valence-electron chi connectivity index (χ4n) is 1.70. The lowest BCUT2D eigenvalue weighted by Crippen LogP contribution is -2.42. The summed E-state index contributed by atoms with van der Waals surface area (Å²) in [7, 11) is 0. The summed E-state index contributed by atoms with van der Waals surface area (Å²) in [5.41, 5.74) is 5.92. The van der Waals surface area contributed by atoms with Crippen LogP contribution in [0.15, 0.2) is 0 Å². The molecule has 14 heavy (non-hydrogen) atoms. The van der Waals surface area contributed by atoms with Gasteiger partial charge >= 0.3 is 0 Å². The van der Waals surface area contributed by atoms with E-state index in [2.05, 4.69) is 21.2 Å². The Morgan fingerprint density at radius 1 is 1.64 bits per heavy atom. The molecule has 1 aromatic rings. The van der Waals surface area contributed by atoms with E-state index in [0.29, 0.717) is 6.04 Å². The van der Waals surface area contributed by atoms with Gasteiger partial charge in [-0.05, 0) is 12.8 Å². The van der Waals surface area contributed by atoms with Crippen LogP contribution in [0.1, 0.15) is 25.6 Å². The first kappa shape index (κ1) is 9.86. The third-order valence-corrected chi connectivity index (χ3v) is 3.32. The number of hydrogen-bond acceptors (Lipinski definition) is 5. The maximum absolute atomic E-state index is 5.92. The quantitative estimate of drug-likeness (QED) is 0.795. The molecule has 0 aliphatic carbocycles. The molecule has 5 heteroatoms. The number of piperidine rings is 1. The number of hydrogen-bond donors (Lipinski definition) is 1. The molecule has 0 saturated carbocycles. The first-order valence-electron chi connectivity index (χ1n) is 5.12. The molecule has 1 saturated heterocycles. The molecule has 2 rings (SSSR count). The number of nitrogens with zero attached hydrogens (tertiary/aromatic N) is 3. The van der Waals surface area contributed by atoms with Crippen molar-refractivity contribution in [1.82, 2.24) is 9.36 Å². The Morgan fingerprint density at radius 3 is 3.14 bits per heavy atom. The Bertz CT molecular complexity index is 299. The van der Waals surface area contributed by atoms with E-state index in [1.54, 1.807) is 0 Å². The summed E-state index contributed by atoms with van der Waals surface area (Å²) in [5.74, 6) is 0.948. The van der Waals surface area contributed by atoms with Gasteiger partial charge in [0.25, 0.3) is 0 Å². The van der Waals surface area contributed by atoms with Crippen LogP contribution in [0.4, 0.5) is 5.13 Å². The van der Waals surface area contributed by atoms with Gasteiger partial charge in [-0.15, -0.1) is 0 Å². The number of aryl methyl sites for hydroxylation is 1. The minimum atomic E-state index is 0.303. The lowest BCUT2D eigenvalue weighted by molar-refractivity contribution is 0.505. The number of anilines is 1. The van der Waals surface area contributed by atoms with E-state index in [1.807, 2.05) is 0 Å². The number of aromatic nitrogens is 2. The molecule has 2 heterocycles. The molecule has 78 valence electrons. The van der Waals surface area contributed by atoms with Crippen molar-refractivity contribution in [2.45, 2.75) is 32.2 Å². The van der Waals surface area contributed by atoms with Gasteiger partial charge in [0.2, 0.25) is 5.13 Å². The van der Waals surface area contributed by atoms with E-state index in [4.69, 9.17) is 5.73 Å². The molecule has 1 atom stereocenters. The fourth-order valence-corrected chi connectivity index (χ4v) is 2.48. The van der Waals surface area contributed by atoms with E-state index >= 15 is 0 Å². The Morgan fingerprint density at radius 2 is 2.50 bits per heavy atom. The second kappa shape index (κ2) is 4.23. The predicted molar refractivity (Wildman–Crippen MR) is 58.7 cm³/mol. The van der Waals surface area contributed by atoms with Crippen molar-refractivity contribution in [2.75, 3.05) is 18.0 Å². The maximum atomic E-state index is 5.92. The normalized spacial score (nSPS) is 22.7. The minimum absolute atomic E-state index is 0.303. The molecule has 1 aliphatic heterocycles. The van der Waals surface area contributed by atoms with Gasteiger partial charge in [-0.3, -0.25) is 0 Å². The van der Waals surface area contributed by atoms with E-state index in [-0.39, 0.29) is 0 Å². The Kier molecular flexibility index (Phi) is 2.98. The van der Waals surface area contributed by atoms with Crippen LogP contribution < -0.4 is 10.6 Å². The van der Waals surface area contributed by atoms with Crippen molar-refractivity contribution < 1.29 is 0 Å². The molecule has 4 nitrogen and oxygen atoms in total. The van der Waals surface area contributed by atoms with Gasteiger partial charge in [0.1, 0.15) is 5.82 Å². The molecular weight excluding hydrogens is 196 g/mol. The zero-order valence-electron chi connectivity index (χ0n) is 8.44. The van der Waals surface area contributed by atoms with Crippen molar-refractivity contribution >= 4 is 16.7 Å². The molecule has 0 bridgehead atoms. The zero-order valence-corrected chi connectivity index (χ0v) is 9.26. The van der Waals surface area contributed by atoms with Crippen LogP contribution in [0.25, 0.3) is 0 Å². The Balaban J connectivity index is 2.06. The van der Waals surface area contributed by atoms with E-state index in [1.165, 1.54) is 18.0 Å². The summed E-state index contributed by atoms with van der Waals surface area (Å²) < 4.78 is 4.28. The van der Waals surface area contributed by atoms with Crippen molar-refractivity contribution in [3.05, 3.63) is 5.82 Å². The Hall–Kier alpha value is -0.680. The van der Waals surface area contributed by atoms with Crippen LogP contribution >= 0.6 is 11.5 Å². The molecule has 1 aromatic heterocycles. The molecule has 0 aromatic carbocycles. The lowest BCUT2D eigenvalue weighted by atomic mass is 10.1. The molecule has 0 radical (unpaired) electrons. The molecule has 0 amide bonds. The minimum Gasteiger partial charge on any atom is -0.345 e. The number of rotatable bonds is 2. The predicted octanol–water partition coefficient (Wildman–Crippen LogP) is 1.03. The molecule has 0 spiro atoms. The third kappa shape index (κ3) is 2.04. The summed E-state index contributed by atoms with van der Waals surface area (Å²) in [6, 6.07) is 0.303. The van der Waals surface area contributed by atoms with Gasteiger partial charge in [0.15, 0.2) is 0 Å². The molecule has 1 unspecified atom stereocenters. The second-order valence-corrected chi connectivity index (χ2v) is 4.43. The van der Waals surface area contributed by atoms with E-state index < -0.39 is 0 Å². The SMILES string of the molecule is CCc1nsc(N2CCCC(N)C2)n1. The smallest absolute Gasteiger partial charge is 0.205 e. The van der Waals surface area contributed by atoms with Crippen molar-refractivity contribution in [2.24, 2.45) is 5.73 Å². The third-order valence-electron chi connectivity index (χ3n) is 2.50. The van der Waals surface area contributed by atoms with Gasteiger partial charge in [-0.2, -0.15) is 4.37 Å². The first-order chi connectivity index (χ1) is 6.79. The van der Waals surface area contributed by atoms with Gasteiger partial charge in [-0.1, -0.05) is 6.92 Å². The van der Waals surface area contributed by atoms with Gasteiger partial charge in [0, 0.05) is 37.1 Å². The van der Waals surface area contributed by atoms with E-state index in [9.17, 15) is 0 Å². The van der Waals surface area contributed by atoms with Gasteiger partial charge in [0.05, 0.1) is 0 Å². The summed E-state index contributed by atoms with van der Waals surface area (Å²) in [4.78, 5) is 6.72. The highest BCUT2D eigenvalue weighted by atomic mass is 32.1. The largest absolute Gasteiger partial charge is 0.345 e. The first-order valence-corrected chi connectivity index (χ1v) is 5.90. The van der Waals surface area contributed by atoms with Crippen LogP contribution in [0.5, 0.6) is 0 Å². The molecule has 2 N–H and O–H groups in total. The van der Waals surface area contributed by atoms with Crippen LogP contribution in [0, 0.1) is 0 Å². The molecule has 1 aliphatic rings. The standard InChI is InChI=1S/C9H16N4S/c1-2-8-11-9(14-12-8)13-5-3-4-7(10)6-13/h7H,2-6,10H2,1H3.